The van der Waals surface area contributed by atoms with E-state index in [1.54, 1.807) is 6.21 Å². The van der Waals surface area contributed by atoms with E-state index in [4.69, 9.17) is 0 Å². The largest absolute Gasteiger partial charge is 0.274 e. The van der Waals surface area contributed by atoms with Crippen molar-refractivity contribution in [1.29, 1.82) is 0 Å². The van der Waals surface area contributed by atoms with Crippen LogP contribution in [0.1, 0.15) is 18.1 Å². The van der Waals surface area contributed by atoms with Gasteiger partial charge in [0.05, 0.1) is 6.21 Å². The molecule has 0 heterocycles. The smallest absolute Gasteiger partial charge is 0.236 e. The number of aryl methyl sites for hydroxylation is 1. The van der Waals surface area contributed by atoms with Crippen LogP contribution in [0, 0.1) is 6.92 Å². The molecule has 0 aliphatic carbocycles. The summed E-state index contributed by atoms with van der Waals surface area (Å²) in [5.74, 6) is -0.162. The van der Waals surface area contributed by atoms with Crippen molar-refractivity contribution in [3.05, 3.63) is 35.4 Å². The SMILES string of the molecule is CC(=O)NN=Cc1ccccc1C. The van der Waals surface area contributed by atoms with E-state index in [1.165, 1.54) is 6.92 Å². The Morgan fingerprint density at radius 3 is 2.77 bits per heavy atom. The van der Waals surface area contributed by atoms with E-state index < -0.39 is 0 Å². The summed E-state index contributed by atoms with van der Waals surface area (Å²) in [5.41, 5.74) is 4.50. The molecule has 0 radical (unpaired) electrons. The average Bonchev–Trinajstić information content (AvgIpc) is 2.08. The van der Waals surface area contributed by atoms with Gasteiger partial charge in [0, 0.05) is 6.92 Å². The van der Waals surface area contributed by atoms with Gasteiger partial charge in [0.25, 0.3) is 0 Å². The van der Waals surface area contributed by atoms with Gasteiger partial charge in [-0.3, -0.25) is 4.79 Å². The van der Waals surface area contributed by atoms with Crippen LogP contribution in [0.2, 0.25) is 0 Å². The molecular weight excluding hydrogens is 164 g/mol. The highest BCUT2D eigenvalue weighted by atomic mass is 16.2. The van der Waals surface area contributed by atoms with Crippen LogP contribution in [-0.2, 0) is 4.79 Å². The summed E-state index contributed by atoms with van der Waals surface area (Å²) >= 11 is 0. The van der Waals surface area contributed by atoms with Crippen LogP contribution in [0.15, 0.2) is 29.4 Å². The van der Waals surface area contributed by atoms with E-state index in [9.17, 15) is 4.79 Å². The van der Waals surface area contributed by atoms with Crippen molar-refractivity contribution >= 4 is 12.1 Å². The molecule has 0 saturated heterocycles. The lowest BCUT2D eigenvalue weighted by Gasteiger charge is -1.97. The quantitative estimate of drug-likeness (QED) is 0.538. The molecule has 1 rings (SSSR count). The maximum Gasteiger partial charge on any atom is 0.236 e. The summed E-state index contributed by atoms with van der Waals surface area (Å²) < 4.78 is 0. The molecule has 0 atom stereocenters. The molecule has 3 heteroatoms. The minimum absolute atomic E-state index is 0.162. The highest BCUT2D eigenvalue weighted by molar-refractivity contribution is 5.83. The molecule has 0 spiro atoms. The van der Waals surface area contributed by atoms with Crippen LogP contribution in [0.5, 0.6) is 0 Å². The van der Waals surface area contributed by atoms with Gasteiger partial charge in [-0.1, -0.05) is 24.3 Å². The van der Waals surface area contributed by atoms with Gasteiger partial charge < -0.3 is 0 Å². The molecule has 1 N–H and O–H groups in total. The Kier molecular flexibility index (Phi) is 3.20. The molecule has 0 aromatic heterocycles. The van der Waals surface area contributed by atoms with Crippen molar-refractivity contribution in [2.75, 3.05) is 0 Å². The Morgan fingerprint density at radius 2 is 2.15 bits per heavy atom. The fourth-order valence-corrected chi connectivity index (χ4v) is 0.924. The summed E-state index contributed by atoms with van der Waals surface area (Å²) in [6.45, 7) is 3.42. The predicted octanol–water partition coefficient (Wildman–Crippen LogP) is 1.47. The number of benzene rings is 1. The molecule has 0 fully saturated rings. The number of nitrogens with zero attached hydrogens (tertiary/aromatic N) is 1. The summed E-state index contributed by atoms with van der Waals surface area (Å²) in [6, 6.07) is 7.84. The molecule has 0 aliphatic heterocycles. The van der Waals surface area contributed by atoms with Crippen LogP contribution in [-0.4, -0.2) is 12.1 Å². The zero-order valence-corrected chi connectivity index (χ0v) is 7.74. The molecule has 0 saturated carbocycles. The van der Waals surface area contributed by atoms with E-state index in [2.05, 4.69) is 10.5 Å². The molecule has 0 bridgehead atoms. The third kappa shape index (κ3) is 3.07. The lowest BCUT2D eigenvalue weighted by Crippen LogP contribution is -2.12. The first-order valence-electron chi connectivity index (χ1n) is 4.05. The number of rotatable bonds is 2. The minimum Gasteiger partial charge on any atom is -0.274 e. The standard InChI is InChI=1S/C10H12N2O/c1-8-5-3-4-6-10(8)7-11-12-9(2)13/h3-7H,1-2H3,(H,12,13). The van der Waals surface area contributed by atoms with Crippen LogP contribution < -0.4 is 5.43 Å². The third-order valence-corrected chi connectivity index (χ3v) is 1.61. The van der Waals surface area contributed by atoms with Crippen LogP contribution >= 0.6 is 0 Å². The first kappa shape index (κ1) is 9.45. The first-order chi connectivity index (χ1) is 6.20. The minimum atomic E-state index is -0.162. The Balaban J connectivity index is 2.68. The number of hydrazone groups is 1. The van der Waals surface area contributed by atoms with Crippen molar-refractivity contribution < 1.29 is 4.79 Å². The predicted molar refractivity (Wildman–Crippen MR) is 52.6 cm³/mol. The van der Waals surface area contributed by atoms with Crippen LogP contribution in [0.4, 0.5) is 0 Å². The van der Waals surface area contributed by atoms with Gasteiger partial charge in [0.1, 0.15) is 0 Å². The number of hydrogen-bond acceptors (Lipinski definition) is 2. The Morgan fingerprint density at radius 1 is 1.46 bits per heavy atom. The molecule has 1 aromatic carbocycles. The zero-order chi connectivity index (χ0) is 9.68. The number of amides is 1. The maximum atomic E-state index is 10.5. The first-order valence-corrected chi connectivity index (χ1v) is 4.05. The maximum absolute atomic E-state index is 10.5. The topological polar surface area (TPSA) is 41.5 Å². The van der Waals surface area contributed by atoms with E-state index in [0.29, 0.717) is 0 Å². The van der Waals surface area contributed by atoms with E-state index in [0.717, 1.165) is 11.1 Å². The highest BCUT2D eigenvalue weighted by Crippen LogP contribution is 2.02. The third-order valence-electron chi connectivity index (χ3n) is 1.61. The summed E-state index contributed by atoms with van der Waals surface area (Å²) in [4.78, 5) is 10.5. The van der Waals surface area contributed by atoms with E-state index >= 15 is 0 Å². The molecule has 13 heavy (non-hydrogen) atoms. The van der Waals surface area contributed by atoms with Crippen molar-refractivity contribution in [1.82, 2.24) is 5.43 Å². The molecule has 3 nitrogen and oxygen atoms in total. The molecular formula is C10H12N2O. The number of carbonyl (C=O) groups is 1. The molecule has 0 aliphatic rings. The van der Waals surface area contributed by atoms with Crippen molar-refractivity contribution in [3.63, 3.8) is 0 Å². The van der Waals surface area contributed by atoms with Crippen LogP contribution in [0.25, 0.3) is 0 Å². The molecule has 1 aromatic rings. The second-order valence-electron chi connectivity index (χ2n) is 2.78. The number of carbonyl (C=O) groups excluding carboxylic acids is 1. The van der Waals surface area contributed by atoms with Crippen molar-refractivity contribution in [3.8, 4) is 0 Å². The Bertz CT molecular complexity index is 331. The summed E-state index contributed by atoms with van der Waals surface area (Å²) in [7, 11) is 0. The molecule has 68 valence electrons. The lowest BCUT2D eigenvalue weighted by molar-refractivity contribution is -0.118. The van der Waals surface area contributed by atoms with Crippen molar-refractivity contribution in [2.45, 2.75) is 13.8 Å². The number of hydrogen-bond donors (Lipinski definition) is 1. The highest BCUT2D eigenvalue weighted by Gasteiger charge is 1.91. The number of nitrogens with one attached hydrogen (secondary N) is 1. The normalized spacial score (nSPS) is 10.3. The summed E-state index contributed by atoms with van der Waals surface area (Å²) in [6.07, 6.45) is 1.64. The van der Waals surface area contributed by atoms with Gasteiger partial charge in [-0.2, -0.15) is 5.10 Å². The molecule has 1 amide bonds. The Labute approximate surface area is 77.5 Å². The van der Waals surface area contributed by atoms with Crippen LogP contribution in [0.3, 0.4) is 0 Å². The van der Waals surface area contributed by atoms with E-state index in [-0.39, 0.29) is 5.91 Å². The van der Waals surface area contributed by atoms with Crippen molar-refractivity contribution in [2.24, 2.45) is 5.10 Å². The van der Waals surface area contributed by atoms with Gasteiger partial charge in [-0.25, -0.2) is 5.43 Å². The summed E-state index contributed by atoms with van der Waals surface area (Å²) in [5, 5.41) is 3.78. The zero-order valence-electron chi connectivity index (χ0n) is 7.74. The monoisotopic (exact) mass is 176 g/mol. The average molecular weight is 176 g/mol. The lowest BCUT2D eigenvalue weighted by atomic mass is 10.1. The Hall–Kier alpha value is -1.64. The molecule has 0 unspecified atom stereocenters. The van der Waals surface area contributed by atoms with Gasteiger partial charge >= 0.3 is 0 Å². The van der Waals surface area contributed by atoms with Gasteiger partial charge in [-0.15, -0.1) is 0 Å². The van der Waals surface area contributed by atoms with E-state index in [1.807, 2.05) is 31.2 Å². The van der Waals surface area contributed by atoms with Gasteiger partial charge in [0.2, 0.25) is 5.91 Å². The second kappa shape index (κ2) is 4.40. The fourth-order valence-electron chi connectivity index (χ4n) is 0.924. The van der Waals surface area contributed by atoms with Gasteiger partial charge in [-0.05, 0) is 18.1 Å². The van der Waals surface area contributed by atoms with Gasteiger partial charge in [0.15, 0.2) is 0 Å². The fraction of sp³-hybridized carbons (Fsp3) is 0.200. The second-order valence-corrected chi connectivity index (χ2v) is 2.78.